The van der Waals surface area contributed by atoms with Crippen LogP contribution in [-0.4, -0.2) is 4.57 Å². The van der Waals surface area contributed by atoms with E-state index in [1.165, 1.54) is 80.7 Å². The molecule has 0 bridgehead atoms. The first kappa shape index (κ1) is 22.8. The summed E-state index contributed by atoms with van der Waals surface area (Å²) < 4.78 is 11.8. The Hall–Kier alpha value is -4.86. The molecule has 1 aliphatic rings. The molecule has 0 amide bonds. The highest BCUT2D eigenvalue weighted by atomic mass is 32.1. The molecule has 0 N–H and O–H groups in total. The van der Waals surface area contributed by atoms with Crippen LogP contribution >= 0.6 is 11.3 Å². The molecule has 198 valence electrons. The normalized spacial score (nSPS) is 14.1. The number of hydrogen-bond acceptors (Lipinski definition) is 2. The van der Waals surface area contributed by atoms with Crippen molar-refractivity contribution in [2.45, 2.75) is 19.3 Å². The predicted molar refractivity (Wildman–Crippen MR) is 179 cm³/mol. The molecule has 0 unspecified atom stereocenters. The molecule has 0 radical (unpaired) electrons. The van der Waals surface area contributed by atoms with Crippen LogP contribution in [-0.2, 0) is 5.41 Å². The van der Waals surface area contributed by atoms with E-state index in [4.69, 9.17) is 4.42 Å². The van der Waals surface area contributed by atoms with Crippen molar-refractivity contribution >= 4 is 75.3 Å². The van der Waals surface area contributed by atoms with Crippen LogP contribution in [0.3, 0.4) is 0 Å². The molecule has 10 rings (SSSR count). The zero-order valence-corrected chi connectivity index (χ0v) is 24.0. The van der Waals surface area contributed by atoms with Gasteiger partial charge < -0.3 is 8.98 Å². The summed E-state index contributed by atoms with van der Waals surface area (Å²) >= 11 is 1.87. The number of furan rings is 1. The Labute approximate surface area is 246 Å². The molecule has 0 fully saturated rings. The maximum atomic E-state index is 6.73. The van der Waals surface area contributed by atoms with Crippen molar-refractivity contribution < 1.29 is 4.42 Å². The summed E-state index contributed by atoms with van der Waals surface area (Å²) in [7, 11) is 0. The maximum Gasteiger partial charge on any atom is 0.145 e. The van der Waals surface area contributed by atoms with Crippen molar-refractivity contribution in [1.29, 1.82) is 0 Å². The van der Waals surface area contributed by atoms with Crippen molar-refractivity contribution in [1.82, 2.24) is 4.57 Å². The predicted octanol–water partition coefficient (Wildman–Crippen LogP) is 11.4. The fourth-order valence-corrected chi connectivity index (χ4v) is 8.96. The second kappa shape index (κ2) is 7.70. The topological polar surface area (TPSA) is 18.1 Å². The Morgan fingerprint density at radius 3 is 2.24 bits per heavy atom. The molecule has 0 saturated carbocycles. The van der Waals surface area contributed by atoms with Crippen molar-refractivity contribution in [3.8, 4) is 16.8 Å². The first-order chi connectivity index (χ1) is 20.6. The fraction of sp³-hybridized carbons (Fsp3) is 0.0769. The average molecular weight is 556 g/mol. The van der Waals surface area contributed by atoms with E-state index in [-0.39, 0.29) is 5.41 Å². The lowest BCUT2D eigenvalue weighted by Gasteiger charge is -2.22. The van der Waals surface area contributed by atoms with Crippen LogP contribution in [0.4, 0.5) is 0 Å². The van der Waals surface area contributed by atoms with E-state index >= 15 is 0 Å². The smallest absolute Gasteiger partial charge is 0.145 e. The quantitative estimate of drug-likeness (QED) is 0.197. The average Bonchev–Trinajstić information content (AvgIpc) is 3.74. The van der Waals surface area contributed by atoms with E-state index in [0.29, 0.717) is 0 Å². The third-order valence-electron chi connectivity index (χ3n) is 9.58. The lowest BCUT2D eigenvalue weighted by atomic mass is 9.82. The highest BCUT2D eigenvalue weighted by Gasteiger charge is 2.35. The van der Waals surface area contributed by atoms with Gasteiger partial charge in [0.25, 0.3) is 0 Å². The van der Waals surface area contributed by atoms with Gasteiger partial charge in [-0.25, -0.2) is 0 Å². The molecule has 3 heterocycles. The van der Waals surface area contributed by atoms with E-state index in [1.807, 2.05) is 11.3 Å². The van der Waals surface area contributed by atoms with Crippen LogP contribution in [0.5, 0.6) is 0 Å². The maximum absolute atomic E-state index is 6.73. The van der Waals surface area contributed by atoms with Crippen LogP contribution in [0, 0.1) is 0 Å². The number of hydrogen-bond donors (Lipinski definition) is 0. The van der Waals surface area contributed by atoms with Crippen molar-refractivity contribution in [2.75, 3.05) is 0 Å². The zero-order valence-electron chi connectivity index (χ0n) is 23.2. The van der Waals surface area contributed by atoms with E-state index in [2.05, 4.69) is 134 Å². The third-order valence-corrected chi connectivity index (χ3v) is 10.8. The number of rotatable bonds is 1. The summed E-state index contributed by atoms with van der Waals surface area (Å²) in [6.07, 6.45) is 0. The summed E-state index contributed by atoms with van der Waals surface area (Å²) in [4.78, 5) is 0. The van der Waals surface area contributed by atoms with Gasteiger partial charge in [-0.1, -0.05) is 98.8 Å². The van der Waals surface area contributed by atoms with Gasteiger partial charge in [-0.05, 0) is 52.6 Å². The molecule has 1 aliphatic carbocycles. The summed E-state index contributed by atoms with van der Waals surface area (Å²) in [5.41, 5.74) is 11.0. The Morgan fingerprint density at radius 1 is 0.619 bits per heavy atom. The molecule has 0 spiro atoms. The molecule has 42 heavy (non-hydrogen) atoms. The molecule has 0 aliphatic heterocycles. The Balaban J connectivity index is 1.44. The minimum Gasteiger partial charge on any atom is -0.455 e. The largest absolute Gasteiger partial charge is 0.455 e. The number of thiophene rings is 1. The second-order valence-electron chi connectivity index (χ2n) is 12.1. The Bertz CT molecular complexity index is 2610. The van der Waals surface area contributed by atoms with E-state index in [1.54, 1.807) is 0 Å². The Morgan fingerprint density at radius 2 is 1.33 bits per heavy atom. The standard InChI is InChI=1S/C39H25NOS/c1-39(2)28-15-7-3-11-23(28)24-20-19-22(21-29(24)39)40-30-16-8-4-12-25(30)33-34-26-13-5-9-17-31(26)41-37(34)35-27-14-6-10-18-32(27)42-38(35)36(33)40/h3-21H,1-2H3. The van der Waals surface area contributed by atoms with Crippen LogP contribution < -0.4 is 0 Å². The zero-order chi connectivity index (χ0) is 27.7. The minimum absolute atomic E-state index is 0.0678. The SMILES string of the molecule is CC1(C)c2ccccc2-c2ccc(-n3c4ccccc4c4c5c6ccccc6oc5c5c6ccccc6sc5c43)cc21. The molecule has 0 saturated heterocycles. The van der Waals surface area contributed by atoms with Gasteiger partial charge in [0, 0.05) is 48.1 Å². The Kier molecular flexibility index (Phi) is 4.18. The van der Waals surface area contributed by atoms with Gasteiger partial charge in [-0.3, -0.25) is 0 Å². The van der Waals surface area contributed by atoms with Crippen LogP contribution in [0.1, 0.15) is 25.0 Å². The van der Waals surface area contributed by atoms with Gasteiger partial charge in [-0.15, -0.1) is 11.3 Å². The molecule has 6 aromatic carbocycles. The van der Waals surface area contributed by atoms with Crippen molar-refractivity contribution in [3.05, 3.63) is 126 Å². The number of aromatic nitrogens is 1. The van der Waals surface area contributed by atoms with Gasteiger partial charge in [0.05, 0.1) is 15.7 Å². The third kappa shape index (κ3) is 2.66. The number of benzene rings is 6. The van der Waals surface area contributed by atoms with E-state index < -0.39 is 0 Å². The highest BCUT2D eigenvalue weighted by Crippen LogP contribution is 2.52. The first-order valence-electron chi connectivity index (χ1n) is 14.5. The molecule has 3 heteroatoms. The summed E-state index contributed by atoms with van der Waals surface area (Å²) in [6.45, 7) is 4.72. The summed E-state index contributed by atoms with van der Waals surface area (Å²) in [5, 5.41) is 7.38. The fourth-order valence-electron chi connectivity index (χ4n) is 7.71. The van der Waals surface area contributed by atoms with Crippen molar-refractivity contribution in [2.24, 2.45) is 0 Å². The molecule has 9 aromatic rings. The van der Waals surface area contributed by atoms with E-state index in [0.717, 1.165) is 11.2 Å². The number of nitrogens with zero attached hydrogens (tertiary/aromatic N) is 1. The lowest BCUT2D eigenvalue weighted by Crippen LogP contribution is -2.15. The summed E-state index contributed by atoms with van der Waals surface area (Å²) in [6, 6.07) is 42.1. The van der Waals surface area contributed by atoms with Crippen molar-refractivity contribution in [3.63, 3.8) is 0 Å². The lowest BCUT2D eigenvalue weighted by molar-refractivity contribution is 0.660. The summed E-state index contributed by atoms with van der Waals surface area (Å²) in [5.74, 6) is 0. The van der Waals surface area contributed by atoms with Gasteiger partial charge >= 0.3 is 0 Å². The van der Waals surface area contributed by atoms with E-state index in [9.17, 15) is 0 Å². The van der Waals surface area contributed by atoms with Gasteiger partial charge in [-0.2, -0.15) is 0 Å². The molecule has 3 aromatic heterocycles. The molecular formula is C39H25NOS. The molecule has 2 nitrogen and oxygen atoms in total. The second-order valence-corrected chi connectivity index (χ2v) is 13.1. The minimum atomic E-state index is -0.0678. The van der Waals surface area contributed by atoms with Crippen LogP contribution in [0.2, 0.25) is 0 Å². The van der Waals surface area contributed by atoms with Crippen LogP contribution in [0.15, 0.2) is 120 Å². The molecule has 0 atom stereocenters. The van der Waals surface area contributed by atoms with Gasteiger partial charge in [0.15, 0.2) is 0 Å². The first-order valence-corrected chi connectivity index (χ1v) is 15.4. The number of fused-ring (bicyclic) bond motifs is 15. The number of para-hydroxylation sites is 2. The monoisotopic (exact) mass is 555 g/mol. The van der Waals surface area contributed by atoms with Gasteiger partial charge in [0.2, 0.25) is 0 Å². The van der Waals surface area contributed by atoms with Crippen LogP contribution in [0.25, 0.3) is 80.7 Å². The molecular weight excluding hydrogens is 531 g/mol. The highest BCUT2D eigenvalue weighted by molar-refractivity contribution is 7.27. The van der Waals surface area contributed by atoms with Gasteiger partial charge in [0.1, 0.15) is 11.2 Å².